The number of nitrogens with one attached hydrogen (secondary N) is 1. The molecule has 18 heavy (non-hydrogen) atoms. The molecular formula is C14H20ClNO2. The van der Waals surface area contributed by atoms with E-state index >= 15 is 0 Å². The van der Waals surface area contributed by atoms with Gasteiger partial charge in [0.05, 0.1) is 6.10 Å². The molecule has 2 N–H and O–H groups in total. The number of aliphatic hydroxyl groups excluding tert-OH is 1. The summed E-state index contributed by atoms with van der Waals surface area (Å²) < 4.78 is 6.19. The van der Waals surface area contributed by atoms with E-state index in [-0.39, 0.29) is 24.1 Å². The molecule has 0 aromatic heterocycles. The van der Waals surface area contributed by atoms with Gasteiger partial charge in [-0.15, -0.1) is 12.4 Å². The molecule has 1 fully saturated rings. The predicted molar refractivity (Wildman–Crippen MR) is 73.5 cm³/mol. The standard InChI is InChI=1S/C14H19NO2.ClH/c1-10-2-3-13-11(8-10)12(16)9-14(17-13)4-6-15-7-5-14;/h2-3,8,12,15-16H,4-7,9H2,1H3;1H. The van der Waals surface area contributed by atoms with Crippen molar-refractivity contribution in [2.45, 2.75) is 37.9 Å². The summed E-state index contributed by atoms with van der Waals surface area (Å²) in [4.78, 5) is 0. The topological polar surface area (TPSA) is 41.5 Å². The summed E-state index contributed by atoms with van der Waals surface area (Å²) in [6.45, 7) is 4.00. The van der Waals surface area contributed by atoms with Crippen molar-refractivity contribution in [1.29, 1.82) is 0 Å². The summed E-state index contributed by atoms with van der Waals surface area (Å²) in [6.07, 6.45) is 2.32. The second kappa shape index (κ2) is 5.08. The van der Waals surface area contributed by atoms with Gasteiger partial charge in [-0.2, -0.15) is 0 Å². The first-order valence-electron chi connectivity index (χ1n) is 6.37. The van der Waals surface area contributed by atoms with Crippen LogP contribution in [0.15, 0.2) is 18.2 Å². The SMILES string of the molecule is Cc1ccc2c(c1)C(O)CC1(CCNCC1)O2.Cl. The molecule has 1 saturated heterocycles. The summed E-state index contributed by atoms with van der Waals surface area (Å²) in [6, 6.07) is 6.08. The predicted octanol–water partition coefficient (Wildman–Crippen LogP) is 2.35. The lowest BCUT2D eigenvalue weighted by Crippen LogP contribution is -2.49. The second-order valence-corrected chi connectivity index (χ2v) is 5.30. The lowest BCUT2D eigenvalue weighted by Gasteiger charge is -2.43. The minimum Gasteiger partial charge on any atom is -0.487 e. The molecule has 4 heteroatoms. The lowest BCUT2D eigenvalue weighted by molar-refractivity contribution is -0.0337. The van der Waals surface area contributed by atoms with E-state index in [4.69, 9.17) is 4.74 Å². The van der Waals surface area contributed by atoms with Crippen molar-refractivity contribution >= 4 is 12.4 Å². The largest absolute Gasteiger partial charge is 0.487 e. The quantitative estimate of drug-likeness (QED) is 0.760. The van der Waals surface area contributed by atoms with Gasteiger partial charge in [0.2, 0.25) is 0 Å². The third kappa shape index (κ3) is 2.35. The molecule has 2 aliphatic heterocycles. The molecule has 100 valence electrons. The van der Waals surface area contributed by atoms with E-state index in [0.29, 0.717) is 0 Å². The third-order valence-electron chi connectivity index (χ3n) is 3.93. The molecule has 3 rings (SSSR count). The van der Waals surface area contributed by atoms with Crippen LogP contribution < -0.4 is 10.1 Å². The number of rotatable bonds is 0. The maximum absolute atomic E-state index is 10.3. The molecule has 0 amide bonds. The Hall–Kier alpha value is -0.770. The minimum atomic E-state index is -0.378. The fourth-order valence-corrected chi connectivity index (χ4v) is 2.95. The van der Waals surface area contributed by atoms with E-state index < -0.39 is 0 Å². The summed E-state index contributed by atoms with van der Waals surface area (Å²) in [5.41, 5.74) is 1.98. The number of piperidine rings is 1. The molecule has 1 aromatic rings. The first-order chi connectivity index (χ1) is 8.19. The van der Waals surface area contributed by atoms with Crippen LogP contribution in [-0.2, 0) is 0 Å². The van der Waals surface area contributed by atoms with Crippen molar-refractivity contribution in [3.8, 4) is 5.75 Å². The van der Waals surface area contributed by atoms with Gasteiger partial charge in [-0.3, -0.25) is 0 Å². The number of aryl methyl sites for hydroxylation is 1. The molecule has 1 atom stereocenters. The van der Waals surface area contributed by atoms with Crippen molar-refractivity contribution in [2.24, 2.45) is 0 Å². The Labute approximate surface area is 114 Å². The zero-order valence-corrected chi connectivity index (χ0v) is 11.4. The molecule has 1 aromatic carbocycles. The Bertz CT molecular complexity index is 430. The van der Waals surface area contributed by atoms with Gasteiger partial charge in [-0.25, -0.2) is 0 Å². The Morgan fingerprint density at radius 3 is 2.78 bits per heavy atom. The number of benzene rings is 1. The van der Waals surface area contributed by atoms with Crippen LogP contribution in [0, 0.1) is 6.92 Å². The second-order valence-electron chi connectivity index (χ2n) is 5.30. The van der Waals surface area contributed by atoms with Crippen LogP contribution in [0.4, 0.5) is 0 Å². The van der Waals surface area contributed by atoms with Gasteiger partial charge in [-0.05, 0) is 45.0 Å². The molecule has 0 radical (unpaired) electrons. The summed E-state index contributed by atoms with van der Waals surface area (Å²) in [5, 5.41) is 13.6. The number of ether oxygens (including phenoxy) is 1. The zero-order chi connectivity index (χ0) is 11.9. The van der Waals surface area contributed by atoms with Crippen molar-refractivity contribution in [1.82, 2.24) is 5.32 Å². The number of fused-ring (bicyclic) bond motifs is 1. The van der Waals surface area contributed by atoms with Crippen molar-refractivity contribution in [3.63, 3.8) is 0 Å². The highest BCUT2D eigenvalue weighted by Gasteiger charge is 2.41. The van der Waals surface area contributed by atoms with E-state index in [1.807, 2.05) is 25.1 Å². The normalized spacial score (nSPS) is 24.9. The summed E-state index contributed by atoms with van der Waals surface area (Å²) in [7, 11) is 0. The highest BCUT2D eigenvalue weighted by Crippen LogP contribution is 2.43. The molecule has 0 aliphatic carbocycles. The van der Waals surface area contributed by atoms with Gasteiger partial charge >= 0.3 is 0 Å². The molecule has 1 unspecified atom stereocenters. The fourth-order valence-electron chi connectivity index (χ4n) is 2.95. The minimum absolute atomic E-state index is 0. The zero-order valence-electron chi connectivity index (χ0n) is 10.6. The molecule has 2 heterocycles. The molecule has 2 aliphatic rings. The monoisotopic (exact) mass is 269 g/mol. The van der Waals surface area contributed by atoms with Crippen LogP contribution in [0.1, 0.15) is 36.5 Å². The average Bonchev–Trinajstić information content (AvgIpc) is 2.31. The van der Waals surface area contributed by atoms with Gasteiger partial charge in [0.25, 0.3) is 0 Å². The van der Waals surface area contributed by atoms with E-state index in [1.165, 1.54) is 5.56 Å². The smallest absolute Gasteiger partial charge is 0.125 e. The molecule has 0 bridgehead atoms. The van der Waals surface area contributed by atoms with Gasteiger partial charge in [0.15, 0.2) is 0 Å². The third-order valence-corrected chi connectivity index (χ3v) is 3.93. The first-order valence-corrected chi connectivity index (χ1v) is 6.37. The first kappa shape index (κ1) is 13.7. The van der Waals surface area contributed by atoms with Gasteiger partial charge in [0, 0.05) is 12.0 Å². The van der Waals surface area contributed by atoms with Crippen molar-refractivity contribution in [3.05, 3.63) is 29.3 Å². The average molecular weight is 270 g/mol. The van der Waals surface area contributed by atoms with E-state index in [1.54, 1.807) is 0 Å². The van der Waals surface area contributed by atoms with Crippen LogP contribution in [0.5, 0.6) is 5.75 Å². The fraction of sp³-hybridized carbons (Fsp3) is 0.571. The molecule has 1 spiro atoms. The van der Waals surface area contributed by atoms with Crippen LogP contribution in [0.2, 0.25) is 0 Å². The van der Waals surface area contributed by atoms with E-state index in [0.717, 1.165) is 43.7 Å². The maximum Gasteiger partial charge on any atom is 0.125 e. The summed E-state index contributed by atoms with van der Waals surface area (Å²) >= 11 is 0. The van der Waals surface area contributed by atoms with E-state index in [2.05, 4.69) is 5.32 Å². The highest BCUT2D eigenvalue weighted by molar-refractivity contribution is 5.85. The maximum atomic E-state index is 10.3. The van der Waals surface area contributed by atoms with Crippen molar-refractivity contribution < 1.29 is 9.84 Å². The summed E-state index contributed by atoms with van der Waals surface area (Å²) in [5.74, 6) is 0.872. The van der Waals surface area contributed by atoms with Crippen LogP contribution in [0.25, 0.3) is 0 Å². The van der Waals surface area contributed by atoms with Gasteiger partial charge in [-0.1, -0.05) is 11.6 Å². The van der Waals surface area contributed by atoms with Crippen molar-refractivity contribution in [2.75, 3.05) is 13.1 Å². The molecule has 0 saturated carbocycles. The van der Waals surface area contributed by atoms with Crippen LogP contribution >= 0.6 is 12.4 Å². The number of hydrogen-bond donors (Lipinski definition) is 2. The Kier molecular flexibility index (Phi) is 3.85. The highest BCUT2D eigenvalue weighted by atomic mass is 35.5. The van der Waals surface area contributed by atoms with Gasteiger partial charge in [0.1, 0.15) is 11.4 Å². The Morgan fingerprint density at radius 2 is 2.06 bits per heavy atom. The van der Waals surface area contributed by atoms with E-state index in [9.17, 15) is 5.11 Å². The molecule has 3 nitrogen and oxygen atoms in total. The molecular weight excluding hydrogens is 250 g/mol. The van der Waals surface area contributed by atoms with Gasteiger partial charge < -0.3 is 15.2 Å². The lowest BCUT2D eigenvalue weighted by atomic mass is 9.82. The van der Waals surface area contributed by atoms with Crippen LogP contribution in [-0.4, -0.2) is 23.8 Å². The van der Waals surface area contributed by atoms with Crippen LogP contribution in [0.3, 0.4) is 0 Å². The number of hydrogen-bond acceptors (Lipinski definition) is 3. The number of aliphatic hydroxyl groups is 1. The Balaban J connectivity index is 0.00000120. The number of halogens is 1. The Morgan fingerprint density at radius 1 is 1.33 bits per heavy atom.